The second kappa shape index (κ2) is 8.59. The molecule has 1 amide bonds. The van der Waals surface area contributed by atoms with Gasteiger partial charge in [-0.15, -0.1) is 11.3 Å². The molecule has 0 saturated carbocycles. The molecule has 2 rings (SSSR count). The lowest BCUT2D eigenvalue weighted by Crippen LogP contribution is -2.36. The van der Waals surface area contributed by atoms with E-state index in [-0.39, 0.29) is 5.91 Å². The summed E-state index contributed by atoms with van der Waals surface area (Å²) in [6.45, 7) is 10.6. The first-order chi connectivity index (χ1) is 11.8. The minimum Gasteiger partial charge on any atom is -0.337 e. The largest absolute Gasteiger partial charge is 0.337 e. The maximum absolute atomic E-state index is 12.9. The Morgan fingerprint density at radius 2 is 1.80 bits per heavy atom. The van der Waals surface area contributed by atoms with E-state index in [9.17, 15) is 4.79 Å². The van der Waals surface area contributed by atoms with Gasteiger partial charge in [0.1, 0.15) is 9.88 Å². The minimum atomic E-state index is 0.0874. The highest BCUT2D eigenvalue weighted by Gasteiger charge is 2.21. The van der Waals surface area contributed by atoms with Gasteiger partial charge in [-0.05, 0) is 39.4 Å². The van der Waals surface area contributed by atoms with Crippen LogP contribution < -0.4 is 0 Å². The van der Waals surface area contributed by atoms with Crippen molar-refractivity contribution < 1.29 is 4.79 Å². The van der Waals surface area contributed by atoms with Crippen molar-refractivity contribution in [1.29, 1.82) is 0 Å². The fraction of sp³-hybridized carbons (Fsp3) is 0.500. The van der Waals surface area contributed by atoms with E-state index in [0.717, 1.165) is 34.2 Å². The fourth-order valence-electron chi connectivity index (χ4n) is 2.60. The molecule has 4 nitrogen and oxygen atoms in total. The van der Waals surface area contributed by atoms with Crippen molar-refractivity contribution in [2.24, 2.45) is 0 Å². The first-order valence-electron chi connectivity index (χ1n) is 8.85. The van der Waals surface area contributed by atoms with Gasteiger partial charge in [-0.25, -0.2) is 4.98 Å². The highest BCUT2D eigenvalue weighted by molar-refractivity contribution is 7.17. The van der Waals surface area contributed by atoms with Crippen LogP contribution in [0.15, 0.2) is 24.3 Å². The van der Waals surface area contributed by atoms with Crippen molar-refractivity contribution in [2.75, 3.05) is 33.7 Å². The van der Waals surface area contributed by atoms with E-state index in [4.69, 9.17) is 0 Å². The lowest BCUT2D eigenvalue weighted by molar-refractivity contribution is 0.0758. The molecule has 0 unspecified atom stereocenters. The van der Waals surface area contributed by atoms with E-state index in [1.165, 1.54) is 16.9 Å². The Morgan fingerprint density at radius 1 is 1.16 bits per heavy atom. The number of thiazole rings is 1. The number of nitrogens with zero attached hydrogens (tertiary/aromatic N) is 3. The molecule has 1 aromatic carbocycles. The van der Waals surface area contributed by atoms with Gasteiger partial charge in [0, 0.05) is 25.2 Å². The minimum absolute atomic E-state index is 0.0874. The van der Waals surface area contributed by atoms with Crippen LogP contribution >= 0.6 is 11.3 Å². The molecule has 5 heteroatoms. The Morgan fingerprint density at radius 3 is 2.32 bits per heavy atom. The standard InChI is InChI=1S/C20H29N3OS/c1-7-23(13-12-22(5)6)20(24)18-15(4)21-19(25-18)17-10-8-16(9-11-17)14(2)3/h8-11,14H,7,12-13H2,1-6H3. The van der Waals surface area contributed by atoms with E-state index in [0.29, 0.717) is 12.5 Å². The molecule has 0 bridgehead atoms. The van der Waals surface area contributed by atoms with Crippen molar-refractivity contribution >= 4 is 17.2 Å². The fourth-order valence-corrected chi connectivity index (χ4v) is 3.64. The van der Waals surface area contributed by atoms with Crippen molar-refractivity contribution in [2.45, 2.75) is 33.6 Å². The third-order valence-corrected chi connectivity index (χ3v) is 5.50. The zero-order valence-electron chi connectivity index (χ0n) is 16.2. The summed E-state index contributed by atoms with van der Waals surface area (Å²) in [5, 5.41) is 0.916. The van der Waals surface area contributed by atoms with Crippen molar-refractivity contribution in [1.82, 2.24) is 14.8 Å². The number of amides is 1. The Kier molecular flexibility index (Phi) is 6.73. The quantitative estimate of drug-likeness (QED) is 0.741. The van der Waals surface area contributed by atoms with Crippen molar-refractivity contribution in [3.63, 3.8) is 0 Å². The normalized spacial score (nSPS) is 11.4. The smallest absolute Gasteiger partial charge is 0.265 e. The van der Waals surface area contributed by atoms with Crippen LogP contribution in [-0.4, -0.2) is 54.4 Å². The number of hydrogen-bond donors (Lipinski definition) is 0. The summed E-state index contributed by atoms with van der Waals surface area (Å²) in [5.41, 5.74) is 3.21. The molecule has 0 aliphatic carbocycles. The maximum Gasteiger partial charge on any atom is 0.265 e. The summed E-state index contributed by atoms with van der Waals surface area (Å²) in [4.78, 5) is 22.3. The zero-order valence-corrected chi connectivity index (χ0v) is 17.0. The molecule has 136 valence electrons. The summed E-state index contributed by atoms with van der Waals surface area (Å²) in [6, 6.07) is 8.50. The first kappa shape index (κ1) is 19.6. The van der Waals surface area contributed by atoms with Gasteiger partial charge in [0.15, 0.2) is 0 Å². The molecule has 1 aromatic heterocycles. The molecule has 0 aliphatic heterocycles. The van der Waals surface area contributed by atoms with Gasteiger partial charge >= 0.3 is 0 Å². The highest BCUT2D eigenvalue weighted by Crippen LogP contribution is 2.30. The van der Waals surface area contributed by atoms with Crippen LogP contribution in [0, 0.1) is 6.92 Å². The number of rotatable bonds is 7. The Bertz CT molecular complexity index is 704. The molecule has 2 aromatic rings. The van der Waals surface area contributed by atoms with Crippen LogP contribution in [0.25, 0.3) is 10.6 Å². The summed E-state index contributed by atoms with van der Waals surface area (Å²) < 4.78 is 0. The van der Waals surface area contributed by atoms with E-state index >= 15 is 0 Å². The van der Waals surface area contributed by atoms with Crippen molar-refractivity contribution in [3.8, 4) is 10.6 Å². The molecule has 25 heavy (non-hydrogen) atoms. The van der Waals surface area contributed by atoms with E-state index < -0.39 is 0 Å². The molecular formula is C20H29N3OS. The number of hydrogen-bond acceptors (Lipinski definition) is 4. The number of aromatic nitrogens is 1. The van der Waals surface area contributed by atoms with E-state index in [1.807, 2.05) is 32.8 Å². The lowest BCUT2D eigenvalue weighted by atomic mass is 10.0. The molecule has 0 aliphatic rings. The Hall–Kier alpha value is -1.72. The predicted octanol–water partition coefficient (Wildman–Crippen LogP) is 4.27. The van der Waals surface area contributed by atoms with E-state index in [2.05, 4.69) is 48.0 Å². The molecule has 0 spiro atoms. The number of aryl methyl sites for hydroxylation is 1. The number of carbonyl (C=O) groups excluding carboxylic acids is 1. The van der Waals surface area contributed by atoms with Gasteiger partial charge in [0.05, 0.1) is 5.69 Å². The van der Waals surface area contributed by atoms with E-state index in [1.54, 1.807) is 0 Å². The van der Waals surface area contributed by atoms with Crippen LogP contribution in [0.1, 0.15) is 47.6 Å². The number of benzene rings is 1. The third-order valence-electron chi connectivity index (χ3n) is 4.30. The lowest BCUT2D eigenvalue weighted by Gasteiger charge is -2.22. The summed E-state index contributed by atoms with van der Waals surface area (Å²) >= 11 is 1.50. The van der Waals surface area contributed by atoms with Gasteiger partial charge in [0.2, 0.25) is 0 Å². The molecule has 0 radical (unpaired) electrons. The SMILES string of the molecule is CCN(CCN(C)C)C(=O)c1sc(-c2ccc(C(C)C)cc2)nc1C. The molecule has 1 heterocycles. The number of carbonyl (C=O) groups is 1. The second-order valence-electron chi connectivity index (χ2n) is 6.90. The average molecular weight is 360 g/mol. The van der Waals surface area contributed by atoms with Gasteiger partial charge in [-0.2, -0.15) is 0 Å². The third kappa shape index (κ3) is 4.89. The van der Waals surface area contributed by atoms with Crippen LogP contribution in [-0.2, 0) is 0 Å². The molecular weight excluding hydrogens is 330 g/mol. The van der Waals surface area contributed by atoms with Crippen LogP contribution in [0.2, 0.25) is 0 Å². The summed E-state index contributed by atoms with van der Waals surface area (Å²) in [7, 11) is 4.05. The van der Waals surface area contributed by atoms with Gasteiger partial charge in [-0.1, -0.05) is 38.1 Å². The van der Waals surface area contributed by atoms with Gasteiger partial charge in [-0.3, -0.25) is 4.79 Å². The maximum atomic E-state index is 12.9. The topological polar surface area (TPSA) is 36.4 Å². The van der Waals surface area contributed by atoms with Crippen LogP contribution in [0.5, 0.6) is 0 Å². The molecule has 0 saturated heterocycles. The average Bonchev–Trinajstić information content (AvgIpc) is 2.96. The van der Waals surface area contributed by atoms with Gasteiger partial charge < -0.3 is 9.80 Å². The predicted molar refractivity (Wildman–Crippen MR) is 107 cm³/mol. The molecule has 0 N–H and O–H groups in total. The monoisotopic (exact) mass is 359 g/mol. The molecule has 0 atom stereocenters. The Labute approximate surface area is 155 Å². The van der Waals surface area contributed by atoms with Crippen LogP contribution in [0.3, 0.4) is 0 Å². The highest BCUT2D eigenvalue weighted by atomic mass is 32.1. The molecule has 0 fully saturated rings. The van der Waals surface area contributed by atoms with Crippen LogP contribution in [0.4, 0.5) is 0 Å². The first-order valence-corrected chi connectivity index (χ1v) is 9.66. The van der Waals surface area contributed by atoms with Crippen molar-refractivity contribution in [3.05, 3.63) is 40.4 Å². The summed E-state index contributed by atoms with van der Waals surface area (Å²) in [6.07, 6.45) is 0. The van der Waals surface area contributed by atoms with Gasteiger partial charge in [0.25, 0.3) is 5.91 Å². The Balaban J connectivity index is 2.22. The second-order valence-corrected chi connectivity index (χ2v) is 7.90. The zero-order chi connectivity index (χ0) is 18.6. The summed E-state index contributed by atoms with van der Waals surface area (Å²) in [5.74, 6) is 0.600. The number of likely N-dealkylation sites (N-methyl/N-ethyl adjacent to an activating group) is 2.